The molecule has 2 nitrogen and oxygen atoms in total. The minimum atomic E-state index is -0.00257. The number of benzene rings is 1. The molecule has 2 rings (SSSR count). The zero-order chi connectivity index (χ0) is 13.9. The van der Waals surface area contributed by atoms with Gasteiger partial charge in [0.15, 0.2) is 0 Å². The summed E-state index contributed by atoms with van der Waals surface area (Å²) >= 11 is 6.29. The van der Waals surface area contributed by atoms with Crippen LogP contribution in [-0.2, 0) is 0 Å². The van der Waals surface area contributed by atoms with Crippen LogP contribution in [0.15, 0.2) is 24.3 Å². The third-order valence-corrected chi connectivity index (χ3v) is 4.85. The van der Waals surface area contributed by atoms with Crippen molar-refractivity contribution in [1.29, 1.82) is 0 Å². The molecule has 0 amide bonds. The second-order valence-electron chi connectivity index (χ2n) is 6.06. The van der Waals surface area contributed by atoms with Crippen LogP contribution in [0.25, 0.3) is 0 Å². The van der Waals surface area contributed by atoms with E-state index in [1.165, 1.54) is 19.3 Å². The molecular weight excluding hydrogens is 256 g/mol. The Morgan fingerprint density at radius 2 is 2.11 bits per heavy atom. The quantitative estimate of drug-likeness (QED) is 0.863. The Hall–Kier alpha value is -0.730. The number of rotatable bonds is 4. The molecule has 1 aliphatic rings. The van der Waals surface area contributed by atoms with E-state index in [0.29, 0.717) is 18.4 Å². The van der Waals surface area contributed by atoms with Crippen molar-refractivity contribution in [2.24, 2.45) is 17.6 Å². The second-order valence-corrected chi connectivity index (χ2v) is 6.47. The van der Waals surface area contributed by atoms with Gasteiger partial charge in [0.2, 0.25) is 0 Å². The maximum Gasteiger partial charge on any atom is 0.0637 e. The predicted molar refractivity (Wildman–Crippen MR) is 83.7 cm³/mol. The number of halogens is 1. The SMILES string of the molecule is CC(C)C1CCCCC1(CN)Nc1ccccc1Cl. The topological polar surface area (TPSA) is 38.0 Å². The molecule has 0 heterocycles. The van der Waals surface area contributed by atoms with Crippen molar-refractivity contribution in [3.05, 3.63) is 29.3 Å². The molecule has 0 saturated heterocycles. The van der Waals surface area contributed by atoms with E-state index in [4.69, 9.17) is 17.3 Å². The van der Waals surface area contributed by atoms with E-state index in [0.717, 1.165) is 17.1 Å². The van der Waals surface area contributed by atoms with Crippen molar-refractivity contribution in [2.75, 3.05) is 11.9 Å². The average Bonchev–Trinajstić information content (AvgIpc) is 2.41. The molecule has 106 valence electrons. The number of para-hydroxylation sites is 1. The van der Waals surface area contributed by atoms with Gasteiger partial charge in [0.25, 0.3) is 0 Å². The molecule has 2 unspecified atom stereocenters. The van der Waals surface area contributed by atoms with Gasteiger partial charge < -0.3 is 11.1 Å². The smallest absolute Gasteiger partial charge is 0.0637 e. The zero-order valence-electron chi connectivity index (χ0n) is 12.0. The Kier molecular flexibility index (Phi) is 4.75. The monoisotopic (exact) mass is 280 g/mol. The summed E-state index contributed by atoms with van der Waals surface area (Å²) in [4.78, 5) is 0. The van der Waals surface area contributed by atoms with Crippen LogP contribution < -0.4 is 11.1 Å². The molecule has 1 aromatic rings. The summed E-state index contributed by atoms with van der Waals surface area (Å²) in [6.07, 6.45) is 4.95. The normalized spacial score (nSPS) is 27.5. The highest BCUT2D eigenvalue weighted by molar-refractivity contribution is 6.33. The predicted octanol–water partition coefficient (Wildman–Crippen LogP) is 4.30. The largest absolute Gasteiger partial charge is 0.377 e. The lowest BCUT2D eigenvalue weighted by molar-refractivity contribution is 0.166. The first kappa shape index (κ1) is 14.7. The van der Waals surface area contributed by atoms with Crippen LogP contribution in [0.2, 0.25) is 5.02 Å². The van der Waals surface area contributed by atoms with Crippen LogP contribution in [0.3, 0.4) is 0 Å². The van der Waals surface area contributed by atoms with Crippen molar-refractivity contribution >= 4 is 17.3 Å². The Morgan fingerprint density at radius 3 is 2.74 bits per heavy atom. The summed E-state index contributed by atoms with van der Waals surface area (Å²) < 4.78 is 0. The standard InChI is InChI=1S/C16H25ClN2/c1-12(2)13-7-5-6-10-16(13,11-18)19-15-9-4-3-8-14(15)17/h3-4,8-9,12-13,19H,5-7,10-11,18H2,1-2H3. The van der Waals surface area contributed by atoms with E-state index < -0.39 is 0 Å². The first-order valence-corrected chi connectivity index (χ1v) is 7.69. The van der Waals surface area contributed by atoms with Crippen LogP contribution in [-0.4, -0.2) is 12.1 Å². The maximum atomic E-state index is 6.29. The summed E-state index contributed by atoms with van der Waals surface area (Å²) in [5, 5.41) is 4.47. The fourth-order valence-electron chi connectivity index (χ4n) is 3.53. The van der Waals surface area contributed by atoms with Crippen molar-refractivity contribution in [2.45, 2.75) is 45.1 Å². The molecular formula is C16H25ClN2. The first-order valence-electron chi connectivity index (χ1n) is 7.32. The van der Waals surface area contributed by atoms with Gasteiger partial charge in [-0.15, -0.1) is 0 Å². The molecule has 19 heavy (non-hydrogen) atoms. The number of hydrogen-bond donors (Lipinski definition) is 2. The Morgan fingerprint density at radius 1 is 1.37 bits per heavy atom. The molecule has 0 radical (unpaired) electrons. The fourth-order valence-corrected chi connectivity index (χ4v) is 3.71. The van der Waals surface area contributed by atoms with Gasteiger partial charge in [-0.05, 0) is 36.8 Å². The lowest BCUT2D eigenvalue weighted by Crippen LogP contribution is -2.55. The van der Waals surface area contributed by atoms with E-state index in [1.54, 1.807) is 0 Å². The molecule has 1 fully saturated rings. The van der Waals surface area contributed by atoms with Gasteiger partial charge in [0.05, 0.1) is 16.2 Å². The van der Waals surface area contributed by atoms with Crippen LogP contribution in [0.4, 0.5) is 5.69 Å². The highest BCUT2D eigenvalue weighted by Gasteiger charge is 2.41. The Labute approximate surface area is 121 Å². The van der Waals surface area contributed by atoms with Gasteiger partial charge in [-0.3, -0.25) is 0 Å². The third kappa shape index (κ3) is 3.06. The van der Waals surface area contributed by atoms with Crippen molar-refractivity contribution in [1.82, 2.24) is 0 Å². The van der Waals surface area contributed by atoms with Gasteiger partial charge in [-0.2, -0.15) is 0 Å². The molecule has 3 heteroatoms. The van der Waals surface area contributed by atoms with E-state index in [2.05, 4.69) is 19.2 Å². The second kappa shape index (κ2) is 6.15. The van der Waals surface area contributed by atoms with E-state index in [1.807, 2.05) is 24.3 Å². The molecule has 1 saturated carbocycles. The van der Waals surface area contributed by atoms with Crippen LogP contribution >= 0.6 is 11.6 Å². The van der Waals surface area contributed by atoms with E-state index in [9.17, 15) is 0 Å². The molecule has 2 atom stereocenters. The molecule has 0 aromatic heterocycles. The highest BCUT2D eigenvalue weighted by Crippen LogP contribution is 2.41. The van der Waals surface area contributed by atoms with E-state index in [-0.39, 0.29) is 5.54 Å². The summed E-state index contributed by atoms with van der Waals surface area (Å²) in [5.74, 6) is 1.25. The third-order valence-electron chi connectivity index (χ3n) is 4.52. The summed E-state index contributed by atoms with van der Waals surface area (Å²) in [6, 6.07) is 7.96. The zero-order valence-corrected chi connectivity index (χ0v) is 12.7. The maximum absolute atomic E-state index is 6.29. The minimum absolute atomic E-state index is 0.00257. The lowest BCUT2D eigenvalue weighted by Gasteiger charge is -2.47. The van der Waals surface area contributed by atoms with Gasteiger partial charge in [0, 0.05) is 6.54 Å². The number of hydrogen-bond acceptors (Lipinski definition) is 2. The molecule has 0 bridgehead atoms. The van der Waals surface area contributed by atoms with Crippen LogP contribution in [0.5, 0.6) is 0 Å². The Balaban J connectivity index is 2.28. The summed E-state index contributed by atoms with van der Waals surface area (Å²) in [7, 11) is 0. The molecule has 0 spiro atoms. The van der Waals surface area contributed by atoms with Gasteiger partial charge >= 0.3 is 0 Å². The first-order chi connectivity index (χ1) is 9.09. The van der Waals surface area contributed by atoms with Gasteiger partial charge in [0.1, 0.15) is 0 Å². The van der Waals surface area contributed by atoms with E-state index >= 15 is 0 Å². The minimum Gasteiger partial charge on any atom is -0.377 e. The van der Waals surface area contributed by atoms with Crippen molar-refractivity contribution < 1.29 is 0 Å². The number of anilines is 1. The molecule has 1 aromatic carbocycles. The van der Waals surface area contributed by atoms with Gasteiger partial charge in [-0.25, -0.2) is 0 Å². The van der Waals surface area contributed by atoms with Gasteiger partial charge in [-0.1, -0.05) is 50.4 Å². The van der Waals surface area contributed by atoms with Crippen LogP contribution in [0.1, 0.15) is 39.5 Å². The van der Waals surface area contributed by atoms with Crippen molar-refractivity contribution in [3.8, 4) is 0 Å². The molecule has 1 aliphatic carbocycles. The highest BCUT2D eigenvalue weighted by atomic mass is 35.5. The number of nitrogens with one attached hydrogen (secondary N) is 1. The fraction of sp³-hybridized carbons (Fsp3) is 0.625. The van der Waals surface area contributed by atoms with Crippen LogP contribution in [0, 0.1) is 11.8 Å². The summed E-state index contributed by atoms with van der Waals surface area (Å²) in [5.41, 5.74) is 7.17. The molecule has 0 aliphatic heterocycles. The Bertz CT molecular complexity index is 419. The summed E-state index contributed by atoms with van der Waals surface area (Å²) in [6.45, 7) is 5.27. The van der Waals surface area contributed by atoms with Crippen molar-refractivity contribution in [3.63, 3.8) is 0 Å². The lowest BCUT2D eigenvalue weighted by atomic mass is 9.67. The molecule has 3 N–H and O–H groups in total. The number of nitrogens with two attached hydrogens (primary N) is 1. The average molecular weight is 281 g/mol.